The van der Waals surface area contributed by atoms with E-state index in [1.54, 1.807) is 0 Å². The molecule has 0 saturated heterocycles. The van der Waals surface area contributed by atoms with Crippen molar-refractivity contribution in [3.8, 4) is 0 Å². The Hall–Kier alpha value is -2.33. The summed E-state index contributed by atoms with van der Waals surface area (Å²) in [6, 6.07) is 13.2. The van der Waals surface area contributed by atoms with Gasteiger partial charge in [0.2, 0.25) is 0 Å². The SMILES string of the molecule is Cc1ccc(C)c(NC(=O)Nc2ccc(CN)cc2)c1. The van der Waals surface area contributed by atoms with Gasteiger partial charge >= 0.3 is 6.03 Å². The number of nitrogens with one attached hydrogen (secondary N) is 2. The zero-order valence-electron chi connectivity index (χ0n) is 11.7. The van der Waals surface area contributed by atoms with E-state index in [2.05, 4.69) is 10.6 Å². The normalized spacial score (nSPS) is 10.2. The molecule has 0 atom stereocenters. The zero-order chi connectivity index (χ0) is 14.5. The lowest BCUT2D eigenvalue weighted by Crippen LogP contribution is -2.20. The molecule has 4 N–H and O–H groups in total. The number of carbonyl (C=O) groups excluding carboxylic acids is 1. The molecule has 0 unspecified atom stereocenters. The molecule has 104 valence electrons. The van der Waals surface area contributed by atoms with E-state index in [4.69, 9.17) is 5.73 Å². The Morgan fingerprint density at radius 1 is 1.05 bits per heavy atom. The van der Waals surface area contributed by atoms with Gasteiger partial charge in [0.1, 0.15) is 0 Å². The van der Waals surface area contributed by atoms with Crippen molar-refractivity contribution in [3.05, 3.63) is 59.2 Å². The van der Waals surface area contributed by atoms with Crippen molar-refractivity contribution in [1.82, 2.24) is 0 Å². The molecule has 2 aromatic carbocycles. The van der Waals surface area contributed by atoms with Gasteiger partial charge in [-0.25, -0.2) is 4.79 Å². The monoisotopic (exact) mass is 269 g/mol. The molecular formula is C16H19N3O. The maximum Gasteiger partial charge on any atom is 0.323 e. The first-order valence-corrected chi connectivity index (χ1v) is 6.53. The minimum absolute atomic E-state index is 0.251. The van der Waals surface area contributed by atoms with Crippen molar-refractivity contribution in [2.45, 2.75) is 20.4 Å². The van der Waals surface area contributed by atoms with Gasteiger partial charge in [0.05, 0.1) is 0 Å². The summed E-state index contributed by atoms with van der Waals surface area (Å²) in [5.41, 5.74) is 10.3. The van der Waals surface area contributed by atoms with Gasteiger partial charge in [-0.2, -0.15) is 0 Å². The number of rotatable bonds is 3. The van der Waals surface area contributed by atoms with Gasteiger partial charge in [-0.1, -0.05) is 24.3 Å². The van der Waals surface area contributed by atoms with Gasteiger partial charge in [0, 0.05) is 17.9 Å². The predicted molar refractivity (Wildman–Crippen MR) is 82.9 cm³/mol. The number of nitrogens with two attached hydrogens (primary N) is 1. The molecule has 0 spiro atoms. The number of urea groups is 1. The van der Waals surface area contributed by atoms with Crippen molar-refractivity contribution in [2.75, 3.05) is 10.6 Å². The average molecular weight is 269 g/mol. The zero-order valence-corrected chi connectivity index (χ0v) is 11.7. The molecule has 0 bridgehead atoms. The summed E-state index contributed by atoms with van der Waals surface area (Å²) in [4.78, 5) is 12.0. The third kappa shape index (κ3) is 3.59. The van der Waals surface area contributed by atoms with Gasteiger partial charge in [-0.05, 0) is 48.7 Å². The maximum absolute atomic E-state index is 12.0. The van der Waals surface area contributed by atoms with Crippen LogP contribution in [0.5, 0.6) is 0 Å². The molecule has 0 aromatic heterocycles. The van der Waals surface area contributed by atoms with Crippen LogP contribution >= 0.6 is 0 Å². The van der Waals surface area contributed by atoms with E-state index < -0.39 is 0 Å². The molecule has 2 amide bonds. The Morgan fingerprint density at radius 3 is 2.40 bits per heavy atom. The van der Waals surface area contributed by atoms with E-state index >= 15 is 0 Å². The molecule has 2 aromatic rings. The van der Waals surface area contributed by atoms with E-state index in [-0.39, 0.29) is 6.03 Å². The van der Waals surface area contributed by atoms with Crippen LogP contribution in [0.15, 0.2) is 42.5 Å². The highest BCUT2D eigenvalue weighted by Crippen LogP contribution is 2.17. The van der Waals surface area contributed by atoms with Gasteiger partial charge < -0.3 is 16.4 Å². The topological polar surface area (TPSA) is 67.2 Å². The summed E-state index contributed by atoms with van der Waals surface area (Å²) in [5, 5.41) is 5.65. The molecule has 0 heterocycles. The van der Waals surface area contributed by atoms with Crippen molar-refractivity contribution < 1.29 is 4.79 Å². The van der Waals surface area contributed by atoms with Crippen molar-refractivity contribution in [2.24, 2.45) is 5.73 Å². The molecule has 4 heteroatoms. The second-order valence-electron chi connectivity index (χ2n) is 4.80. The number of hydrogen-bond donors (Lipinski definition) is 3. The molecule has 4 nitrogen and oxygen atoms in total. The predicted octanol–water partition coefficient (Wildman–Crippen LogP) is 3.41. The molecule has 2 rings (SSSR count). The molecular weight excluding hydrogens is 250 g/mol. The van der Waals surface area contributed by atoms with Gasteiger partial charge in [-0.3, -0.25) is 0 Å². The van der Waals surface area contributed by atoms with Crippen LogP contribution in [0.3, 0.4) is 0 Å². The fourth-order valence-electron chi connectivity index (χ4n) is 1.88. The van der Waals surface area contributed by atoms with Crippen LogP contribution in [0.25, 0.3) is 0 Å². The fourth-order valence-corrected chi connectivity index (χ4v) is 1.88. The lowest BCUT2D eigenvalue weighted by Gasteiger charge is -2.11. The molecule has 0 aliphatic carbocycles. The summed E-state index contributed by atoms with van der Waals surface area (Å²) in [7, 11) is 0. The van der Waals surface area contributed by atoms with Crippen molar-refractivity contribution >= 4 is 17.4 Å². The minimum Gasteiger partial charge on any atom is -0.326 e. The molecule has 0 saturated carbocycles. The van der Waals surface area contributed by atoms with Crippen molar-refractivity contribution in [1.29, 1.82) is 0 Å². The van der Waals surface area contributed by atoms with E-state index in [0.717, 1.165) is 28.1 Å². The number of benzene rings is 2. The first-order valence-electron chi connectivity index (χ1n) is 6.53. The Labute approximate surface area is 119 Å². The van der Waals surface area contributed by atoms with Crippen LogP contribution < -0.4 is 16.4 Å². The standard InChI is InChI=1S/C16H19N3O/c1-11-3-4-12(2)15(9-11)19-16(20)18-14-7-5-13(10-17)6-8-14/h3-9H,10,17H2,1-2H3,(H2,18,19,20). The highest BCUT2D eigenvalue weighted by Gasteiger charge is 2.05. The van der Waals surface area contributed by atoms with Crippen LogP contribution in [0, 0.1) is 13.8 Å². The Bertz CT molecular complexity index is 606. The summed E-state index contributed by atoms with van der Waals surface area (Å²) in [6.07, 6.45) is 0. The third-order valence-corrected chi connectivity index (χ3v) is 3.09. The molecule has 0 aliphatic rings. The number of hydrogen-bond acceptors (Lipinski definition) is 2. The van der Waals surface area contributed by atoms with Crippen molar-refractivity contribution in [3.63, 3.8) is 0 Å². The summed E-state index contributed by atoms with van der Waals surface area (Å²) < 4.78 is 0. The molecule has 20 heavy (non-hydrogen) atoms. The lowest BCUT2D eigenvalue weighted by atomic mass is 10.1. The van der Waals surface area contributed by atoms with Crippen LogP contribution in [-0.4, -0.2) is 6.03 Å². The largest absolute Gasteiger partial charge is 0.326 e. The first kappa shape index (κ1) is 14.1. The summed E-state index contributed by atoms with van der Waals surface area (Å²) in [6.45, 7) is 4.45. The average Bonchev–Trinajstić information content (AvgIpc) is 2.43. The van der Waals surface area contributed by atoms with E-state index in [1.165, 1.54) is 0 Å². The van der Waals surface area contributed by atoms with Crippen LogP contribution in [0.2, 0.25) is 0 Å². The van der Waals surface area contributed by atoms with E-state index in [1.807, 2.05) is 56.3 Å². The number of carbonyl (C=O) groups is 1. The smallest absolute Gasteiger partial charge is 0.323 e. The second kappa shape index (κ2) is 6.21. The van der Waals surface area contributed by atoms with Crippen LogP contribution in [-0.2, 0) is 6.54 Å². The fraction of sp³-hybridized carbons (Fsp3) is 0.188. The maximum atomic E-state index is 12.0. The minimum atomic E-state index is -0.251. The number of anilines is 2. The van der Waals surface area contributed by atoms with Gasteiger partial charge in [0.25, 0.3) is 0 Å². The number of aryl methyl sites for hydroxylation is 2. The van der Waals surface area contributed by atoms with E-state index in [9.17, 15) is 4.79 Å². The van der Waals surface area contributed by atoms with Gasteiger partial charge in [0.15, 0.2) is 0 Å². The van der Waals surface area contributed by atoms with E-state index in [0.29, 0.717) is 6.54 Å². The molecule has 0 fully saturated rings. The van der Waals surface area contributed by atoms with Gasteiger partial charge in [-0.15, -0.1) is 0 Å². The van der Waals surface area contributed by atoms with Crippen LogP contribution in [0.1, 0.15) is 16.7 Å². The van der Waals surface area contributed by atoms with Crippen LogP contribution in [0.4, 0.5) is 16.2 Å². The molecule has 0 radical (unpaired) electrons. The third-order valence-electron chi connectivity index (χ3n) is 3.09. The Morgan fingerprint density at radius 2 is 1.75 bits per heavy atom. The Kier molecular flexibility index (Phi) is 4.38. The summed E-state index contributed by atoms with van der Waals surface area (Å²) in [5.74, 6) is 0. The summed E-state index contributed by atoms with van der Waals surface area (Å²) >= 11 is 0. The lowest BCUT2D eigenvalue weighted by molar-refractivity contribution is 0.262. The highest BCUT2D eigenvalue weighted by molar-refractivity contribution is 6.00. The highest BCUT2D eigenvalue weighted by atomic mass is 16.2. The molecule has 0 aliphatic heterocycles. The first-order chi connectivity index (χ1) is 9.58. The quantitative estimate of drug-likeness (QED) is 0.799. The Balaban J connectivity index is 2.03. The number of amides is 2. The second-order valence-corrected chi connectivity index (χ2v) is 4.80.